The Labute approximate surface area is 88.1 Å². The Hall–Kier alpha value is -1.77. The van der Waals surface area contributed by atoms with Crippen molar-refractivity contribution in [1.82, 2.24) is 4.57 Å². The van der Waals surface area contributed by atoms with Crippen molar-refractivity contribution in [2.75, 3.05) is 5.73 Å². The number of hydrogen-bond donors (Lipinski definition) is 1. The van der Waals surface area contributed by atoms with E-state index in [-0.39, 0.29) is 5.56 Å². The maximum Gasteiger partial charge on any atom is 0.258 e. The molecule has 3 nitrogen and oxygen atoms in total. The van der Waals surface area contributed by atoms with Crippen molar-refractivity contribution in [3.05, 3.63) is 40.3 Å². The number of aryl methyl sites for hydroxylation is 2. The molecule has 1 heterocycles. The van der Waals surface area contributed by atoms with E-state index >= 15 is 0 Å². The summed E-state index contributed by atoms with van der Waals surface area (Å²) in [6.07, 6.45) is 2.78. The molecule has 2 rings (SSSR count). The highest BCUT2D eigenvalue weighted by molar-refractivity contribution is 5.87. The number of nitrogens with zero attached hydrogens (tertiary/aromatic N) is 1. The lowest BCUT2D eigenvalue weighted by Gasteiger charge is -2.07. The van der Waals surface area contributed by atoms with Crippen molar-refractivity contribution in [3.63, 3.8) is 0 Å². The number of fused-ring (bicyclic) bond motifs is 1. The lowest BCUT2D eigenvalue weighted by Crippen LogP contribution is -2.17. The number of benzene rings is 1. The SMILES string of the molecule is CCc1cn(C)c(=O)c2ccc(N)cc12. The van der Waals surface area contributed by atoms with Crippen LogP contribution < -0.4 is 11.3 Å². The second-order valence-corrected chi connectivity index (χ2v) is 3.73. The van der Waals surface area contributed by atoms with Crippen LogP contribution in [0.4, 0.5) is 5.69 Å². The van der Waals surface area contributed by atoms with E-state index in [1.54, 1.807) is 23.7 Å². The van der Waals surface area contributed by atoms with Gasteiger partial charge in [-0.3, -0.25) is 4.79 Å². The van der Waals surface area contributed by atoms with Gasteiger partial charge in [-0.05, 0) is 35.6 Å². The normalized spacial score (nSPS) is 10.8. The predicted molar refractivity (Wildman–Crippen MR) is 63.0 cm³/mol. The van der Waals surface area contributed by atoms with Gasteiger partial charge in [0.2, 0.25) is 0 Å². The maximum atomic E-state index is 11.8. The van der Waals surface area contributed by atoms with E-state index in [9.17, 15) is 4.79 Å². The molecule has 0 saturated heterocycles. The first-order valence-corrected chi connectivity index (χ1v) is 5.01. The smallest absolute Gasteiger partial charge is 0.258 e. The first kappa shape index (κ1) is 9.77. The third-order valence-corrected chi connectivity index (χ3v) is 2.67. The number of aromatic nitrogens is 1. The van der Waals surface area contributed by atoms with Crippen LogP contribution in [0, 0.1) is 0 Å². The van der Waals surface area contributed by atoms with E-state index in [0.29, 0.717) is 5.69 Å². The zero-order valence-corrected chi connectivity index (χ0v) is 8.95. The molecule has 2 N–H and O–H groups in total. The Balaban J connectivity index is 2.96. The van der Waals surface area contributed by atoms with Crippen LogP contribution in [0.15, 0.2) is 29.2 Å². The molecule has 0 aliphatic rings. The van der Waals surface area contributed by atoms with Gasteiger partial charge in [-0.1, -0.05) is 6.92 Å². The molecule has 0 aliphatic carbocycles. The Morgan fingerprint density at radius 1 is 1.33 bits per heavy atom. The Morgan fingerprint density at radius 2 is 2.07 bits per heavy atom. The fourth-order valence-corrected chi connectivity index (χ4v) is 1.85. The number of pyridine rings is 1. The molecule has 3 heteroatoms. The summed E-state index contributed by atoms with van der Waals surface area (Å²) < 4.78 is 1.62. The molecule has 0 radical (unpaired) electrons. The first-order chi connectivity index (χ1) is 7.13. The quantitative estimate of drug-likeness (QED) is 0.715. The van der Waals surface area contributed by atoms with Crippen molar-refractivity contribution >= 4 is 16.5 Å². The van der Waals surface area contributed by atoms with Crippen LogP contribution in [0.3, 0.4) is 0 Å². The molecule has 0 atom stereocenters. The monoisotopic (exact) mass is 202 g/mol. The lowest BCUT2D eigenvalue weighted by molar-refractivity contribution is 0.857. The number of nitrogens with two attached hydrogens (primary N) is 1. The van der Waals surface area contributed by atoms with Crippen LogP contribution in [-0.4, -0.2) is 4.57 Å². The highest BCUT2D eigenvalue weighted by Crippen LogP contribution is 2.18. The van der Waals surface area contributed by atoms with E-state index in [1.165, 1.54) is 0 Å². The van der Waals surface area contributed by atoms with Crippen LogP contribution >= 0.6 is 0 Å². The second-order valence-electron chi connectivity index (χ2n) is 3.73. The van der Waals surface area contributed by atoms with Crippen molar-refractivity contribution in [2.24, 2.45) is 7.05 Å². The molecule has 15 heavy (non-hydrogen) atoms. The molecule has 0 amide bonds. The topological polar surface area (TPSA) is 48.0 Å². The van der Waals surface area contributed by atoms with Gasteiger partial charge in [0.05, 0.1) is 0 Å². The molecular formula is C12H14N2O. The number of rotatable bonds is 1. The van der Waals surface area contributed by atoms with Crippen molar-refractivity contribution in [2.45, 2.75) is 13.3 Å². The minimum absolute atomic E-state index is 0.0298. The van der Waals surface area contributed by atoms with Gasteiger partial charge in [0, 0.05) is 24.3 Å². The van der Waals surface area contributed by atoms with Crippen molar-refractivity contribution < 1.29 is 0 Å². The summed E-state index contributed by atoms with van der Waals surface area (Å²) in [5.41, 5.74) is 7.61. The molecular weight excluding hydrogens is 188 g/mol. The fraction of sp³-hybridized carbons (Fsp3) is 0.250. The van der Waals surface area contributed by atoms with Gasteiger partial charge in [0.15, 0.2) is 0 Å². The molecule has 78 valence electrons. The molecule has 2 aromatic rings. The molecule has 1 aromatic carbocycles. The van der Waals surface area contributed by atoms with Crippen LogP contribution in [0.25, 0.3) is 10.8 Å². The van der Waals surface area contributed by atoms with Crippen molar-refractivity contribution in [3.8, 4) is 0 Å². The molecule has 0 unspecified atom stereocenters. The zero-order valence-electron chi connectivity index (χ0n) is 8.95. The summed E-state index contributed by atoms with van der Waals surface area (Å²) in [6, 6.07) is 5.44. The standard InChI is InChI=1S/C12H14N2O/c1-3-8-7-14(2)12(15)10-5-4-9(13)6-11(8)10/h4-7H,3,13H2,1-2H3. The third-order valence-electron chi connectivity index (χ3n) is 2.67. The van der Waals surface area contributed by atoms with Crippen LogP contribution in [0.1, 0.15) is 12.5 Å². The number of anilines is 1. The minimum Gasteiger partial charge on any atom is -0.399 e. The van der Waals surface area contributed by atoms with Crippen LogP contribution in [-0.2, 0) is 13.5 Å². The first-order valence-electron chi connectivity index (χ1n) is 5.01. The largest absolute Gasteiger partial charge is 0.399 e. The van der Waals surface area contributed by atoms with Gasteiger partial charge >= 0.3 is 0 Å². The van der Waals surface area contributed by atoms with E-state index in [0.717, 1.165) is 22.8 Å². The van der Waals surface area contributed by atoms with Crippen molar-refractivity contribution in [1.29, 1.82) is 0 Å². The van der Waals surface area contributed by atoms with Gasteiger partial charge in [-0.15, -0.1) is 0 Å². The summed E-state index contributed by atoms with van der Waals surface area (Å²) >= 11 is 0. The van der Waals surface area contributed by atoms with E-state index in [2.05, 4.69) is 6.92 Å². The highest BCUT2D eigenvalue weighted by Gasteiger charge is 2.05. The second kappa shape index (κ2) is 3.42. The van der Waals surface area contributed by atoms with E-state index in [4.69, 9.17) is 5.73 Å². The summed E-state index contributed by atoms with van der Waals surface area (Å²) in [4.78, 5) is 11.8. The molecule has 0 saturated carbocycles. The average Bonchev–Trinajstić information content (AvgIpc) is 2.23. The van der Waals surface area contributed by atoms with Gasteiger partial charge < -0.3 is 10.3 Å². The molecule has 0 aliphatic heterocycles. The van der Waals surface area contributed by atoms with Gasteiger partial charge in [0.1, 0.15) is 0 Å². The van der Waals surface area contributed by atoms with E-state index < -0.39 is 0 Å². The molecule has 1 aromatic heterocycles. The lowest BCUT2D eigenvalue weighted by atomic mass is 10.1. The van der Waals surface area contributed by atoms with E-state index in [1.807, 2.05) is 12.3 Å². The summed E-state index contributed by atoms with van der Waals surface area (Å²) in [6.45, 7) is 2.07. The molecule has 0 bridgehead atoms. The number of hydrogen-bond acceptors (Lipinski definition) is 2. The summed E-state index contributed by atoms with van der Waals surface area (Å²) in [7, 11) is 1.78. The minimum atomic E-state index is 0.0298. The number of nitrogen functional groups attached to an aromatic ring is 1. The molecule has 0 fully saturated rings. The maximum absolute atomic E-state index is 11.8. The fourth-order valence-electron chi connectivity index (χ4n) is 1.85. The zero-order chi connectivity index (χ0) is 11.0. The Kier molecular flexibility index (Phi) is 2.23. The summed E-state index contributed by atoms with van der Waals surface area (Å²) in [5.74, 6) is 0. The van der Waals surface area contributed by atoms with Crippen LogP contribution in [0.5, 0.6) is 0 Å². The van der Waals surface area contributed by atoms with Gasteiger partial charge in [0.25, 0.3) is 5.56 Å². The predicted octanol–water partition coefficient (Wildman–Crippen LogP) is 1.68. The Morgan fingerprint density at radius 3 is 2.73 bits per heavy atom. The van der Waals surface area contributed by atoms with Gasteiger partial charge in [-0.25, -0.2) is 0 Å². The van der Waals surface area contributed by atoms with Crippen LogP contribution in [0.2, 0.25) is 0 Å². The average molecular weight is 202 g/mol. The molecule has 0 spiro atoms. The highest BCUT2D eigenvalue weighted by atomic mass is 16.1. The Bertz CT molecular complexity index is 570. The van der Waals surface area contributed by atoms with Gasteiger partial charge in [-0.2, -0.15) is 0 Å². The third kappa shape index (κ3) is 1.50. The summed E-state index contributed by atoms with van der Waals surface area (Å²) in [5, 5.41) is 1.71.